The Labute approximate surface area is 132 Å². The van der Waals surface area contributed by atoms with Gasteiger partial charge >= 0.3 is 0 Å². The molecule has 0 aliphatic carbocycles. The minimum Gasteiger partial charge on any atom is -0.269 e. The molecular formula is C17H13F2NO2S. The summed E-state index contributed by atoms with van der Waals surface area (Å²) in [4.78, 5) is -0.948. The molecule has 0 aromatic heterocycles. The molecule has 118 valence electrons. The van der Waals surface area contributed by atoms with Crippen molar-refractivity contribution in [3.63, 3.8) is 0 Å². The van der Waals surface area contributed by atoms with Crippen LogP contribution in [0.3, 0.4) is 0 Å². The van der Waals surface area contributed by atoms with Crippen molar-refractivity contribution in [1.82, 2.24) is 0 Å². The normalized spacial score (nSPS) is 11.6. The Bertz CT molecular complexity index is 967. The summed E-state index contributed by atoms with van der Waals surface area (Å²) in [5.41, 5.74) is 0.325. The number of halogens is 2. The topological polar surface area (TPSA) is 37.4 Å². The van der Waals surface area contributed by atoms with Crippen LogP contribution in [0.2, 0.25) is 0 Å². The Morgan fingerprint density at radius 1 is 0.826 bits per heavy atom. The molecule has 0 atom stereocenters. The number of fused-ring (bicyclic) bond motifs is 1. The molecule has 0 N–H and O–H groups in total. The van der Waals surface area contributed by atoms with Gasteiger partial charge in [0, 0.05) is 7.05 Å². The maximum atomic E-state index is 13.8. The van der Waals surface area contributed by atoms with Crippen molar-refractivity contribution in [2.24, 2.45) is 0 Å². The van der Waals surface area contributed by atoms with Crippen molar-refractivity contribution < 1.29 is 17.2 Å². The van der Waals surface area contributed by atoms with E-state index in [-0.39, 0.29) is 0 Å². The first-order valence-electron chi connectivity index (χ1n) is 6.83. The summed E-state index contributed by atoms with van der Waals surface area (Å²) in [7, 11) is -3.07. The van der Waals surface area contributed by atoms with Crippen LogP contribution in [-0.2, 0) is 10.0 Å². The average Bonchev–Trinajstić information content (AvgIpc) is 2.53. The lowest BCUT2D eigenvalue weighted by Gasteiger charge is -2.20. The smallest absolute Gasteiger partial charge is 0.269 e. The van der Waals surface area contributed by atoms with Gasteiger partial charge in [-0.3, -0.25) is 4.31 Å². The summed E-state index contributed by atoms with van der Waals surface area (Å²) in [6.45, 7) is 0. The minimum absolute atomic E-state index is 0.325. The lowest BCUT2D eigenvalue weighted by molar-refractivity contribution is 0.518. The Kier molecular flexibility index (Phi) is 3.77. The highest BCUT2D eigenvalue weighted by Gasteiger charge is 2.28. The molecular weight excluding hydrogens is 320 g/mol. The van der Waals surface area contributed by atoms with Crippen LogP contribution in [-0.4, -0.2) is 15.5 Å². The average molecular weight is 333 g/mol. The summed E-state index contributed by atoms with van der Waals surface area (Å²) >= 11 is 0. The van der Waals surface area contributed by atoms with Crippen LogP contribution in [0.15, 0.2) is 65.6 Å². The fourth-order valence-corrected chi connectivity index (χ4v) is 3.67. The molecule has 0 fully saturated rings. The van der Waals surface area contributed by atoms with Gasteiger partial charge in [0.15, 0.2) is 4.90 Å². The predicted octanol–water partition coefficient (Wildman–Crippen LogP) is 3.94. The number of benzene rings is 3. The van der Waals surface area contributed by atoms with Gasteiger partial charge in [-0.2, -0.15) is 0 Å². The first kappa shape index (κ1) is 15.4. The van der Waals surface area contributed by atoms with E-state index in [1.807, 2.05) is 24.3 Å². The summed E-state index contributed by atoms with van der Waals surface area (Å²) in [5, 5.41) is 1.78. The van der Waals surface area contributed by atoms with Crippen molar-refractivity contribution >= 4 is 26.5 Å². The molecule has 0 spiro atoms. The zero-order chi connectivity index (χ0) is 16.6. The van der Waals surface area contributed by atoms with E-state index < -0.39 is 26.6 Å². The molecule has 3 aromatic carbocycles. The van der Waals surface area contributed by atoms with Crippen LogP contribution >= 0.6 is 0 Å². The predicted molar refractivity (Wildman–Crippen MR) is 85.9 cm³/mol. The van der Waals surface area contributed by atoms with E-state index >= 15 is 0 Å². The molecule has 0 amide bonds. The molecule has 23 heavy (non-hydrogen) atoms. The zero-order valence-electron chi connectivity index (χ0n) is 12.2. The van der Waals surface area contributed by atoms with E-state index in [2.05, 4.69) is 0 Å². The van der Waals surface area contributed by atoms with Crippen LogP contribution < -0.4 is 4.31 Å². The third kappa shape index (κ3) is 2.66. The molecule has 0 radical (unpaired) electrons. The van der Waals surface area contributed by atoms with Gasteiger partial charge in [-0.1, -0.05) is 36.4 Å². The van der Waals surface area contributed by atoms with E-state index in [0.29, 0.717) is 5.69 Å². The maximum absolute atomic E-state index is 13.8. The minimum atomic E-state index is -4.34. The highest BCUT2D eigenvalue weighted by atomic mass is 32.2. The third-order valence-electron chi connectivity index (χ3n) is 3.63. The first-order valence-corrected chi connectivity index (χ1v) is 8.27. The van der Waals surface area contributed by atoms with Crippen molar-refractivity contribution in [1.29, 1.82) is 0 Å². The van der Waals surface area contributed by atoms with Crippen molar-refractivity contribution in [2.75, 3.05) is 11.4 Å². The SMILES string of the molecule is CN(c1ccc2ccccc2c1)S(=O)(=O)c1c(F)cccc1F. The molecule has 0 aliphatic heterocycles. The first-order chi connectivity index (χ1) is 10.9. The summed E-state index contributed by atoms with van der Waals surface area (Å²) in [5.74, 6) is -2.23. The van der Waals surface area contributed by atoms with E-state index in [1.54, 1.807) is 18.2 Å². The van der Waals surface area contributed by atoms with Crippen LogP contribution in [0.25, 0.3) is 10.8 Å². The van der Waals surface area contributed by atoms with Gasteiger partial charge in [0.05, 0.1) is 5.69 Å². The lowest BCUT2D eigenvalue weighted by atomic mass is 10.1. The monoisotopic (exact) mass is 333 g/mol. The van der Waals surface area contributed by atoms with Crippen LogP contribution in [0.5, 0.6) is 0 Å². The maximum Gasteiger partial charge on any atom is 0.269 e. The molecule has 0 unspecified atom stereocenters. The molecule has 3 rings (SSSR count). The largest absolute Gasteiger partial charge is 0.269 e. The summed E-state index contributed by atoms with van der Waals surface area (Å²) < 4.78 is 53.6. The number of hydrogen-bond acceptors (Lipinski definition) is 2. The number of rotatable bonds is 3. The zero-order valence-corrected chi connectivity index (χ0v) is 13.0. The molecule has 0 heterocycles. The fourth-order valence-electron chi connectivity index (χ4n) is 2.38. The Morgan fingerprint density at radius 2 is 1.43 bits per heavy atom. The van der Waals surface area contributed by atoms with E-state index in [4.69, 9.17) is 0 Å². The third-order valence-corrected chi connectivity index (χ3v) is 5.47. The van der Waals surface area contributed by atoms with Gasteiger partial charge < -0.3 is 0 Å². The Morgan fingerprint density at radius 3 is 2.09 bits per heavy atom. The number of hydrogen-bond donors (Lipinski definition) is 0. The Hall–Kier alpha value is -2.47. The van der Waals surface area contributed by atoms with Gasteiger partial charge in [0.2, 0.25) is 0 Å². The fraction of sp³-hybridized carbons (Fsp3) is 0.0588. The molecule has 0 saturated carbocycles. The number of anilines is 1. The van der Waals surface area contributed by atoms with Crippen LogP contribution in [0.4, 0.5) is 14.5 Å². The molecule has 0 bridgehead atoms. The standard InChI is InChI=1S/C17H13F2NO2S/c1-20(14-10-9-12-5-2-3-6-13(12)11-14)23(21,22)17-15(18)7-4-8-16(17)19/h2-11H,1H3. The van der Waals surface area contributed by atoms with Gasteiger partial charge in [-0.25, -0.2) is 17.2 Å². The summed E-state index contributed by atoms with van der Waals surface area (Å²) in [6.07, 6.45) is 0. The molecule has 0 aliphatic rings. The second-order valence-electron chi connectivity index (χ2n) is 5.05. The van der Waals surface area contributed by atoms with Crippen molar-refractivity contribution in [3.8, 4) is 0 Å². The van der Waals surface area contributed by atoms with Crippen LogP contribution in [0.1, 0.15) is 0 Å². The summed E-state index contributed by atoms with van der Waals surface area (Å²) in [6, 6.07) is 15.4. The number of sulfonamides is 1. The Balaban J connectivity index is 2.12. The number of nitrogens with zero attached hydrogens (tertiary/aromatic N) is 1. The van der Waals surface area contributed by atoms with Gasteiger partial charge in [0.25, 0.3) is 10.0 Å². The molecule has 3 aromatic rings. The molecule has 3 nitrogen and oxygen atoms in total. The van der Waals surface area contributed by atoms with E-state index in [0.717, 1.165) is 33.3 Å². The van der Waals surface area contributed by atoms with Crippen molar-refractivity contribution in [3.05, 3.63) is 72.3 Å². The highest BCUT2D eigenvalue weighted by Crippen LogP contribution is 2.28. The lowest BCUT2D eigenvalue weighted by Crippen LogP contribution is -2.28. The van der Waals surface area contributed by atoms with Crippen molar-refractivity contribution in [2.45, 2.75) is 4.90 Å². The van der Waals surface area contributed by atoms with Gasteiger partial charge in [-0.05, 0) is 35.0 Å². The second-order valence-corrected chi connectivity index (χ2v) is 6.96. The highest BCUT2D eigenvalue weighted by molar-refractivity contribution is 7.92. The van der Waals surface area contributed by atoms with Crippen LogP contribution in [0, 0.1) is 11.6 Å². The quantitative estimate of drug-likeness (QED) is 0.728. The van der Waals surface area contributed by atoms with Gasteiger partial charge in [-0.15, -0.1) is 0 Å². The molecule has 0 saturated heterocycles. The van der Waals surface area contributed by atoms with Gasteiger partial charge in [0.1, 0.15) is 11.6 Å². The van der Waals surface area contributed by atoms with E-state index in [9.17, 15) is 17.2 Å². The van der Waals surface area contributed by atoms with E-state index in [1.165, 1.54) is 7.05 Å². The molecule has 6 heteroatoms. The second kappa shape index (κ2) is 5.62.